The van der Waals surface area contributed by atoms with E-state index in [0.29, 0.717) is 6.04 Å². The first kappa shape index (κ1) is 17.0. The normalized spacial score (nSPS) is 13.2. The monoisotopic (exact) mass is 299 g/mol. The zero-order chi connectivity index (χ0) is 15.0. The summed E-state index contributed by atoms with van der Waals surface area (Å²) in [6.07, 6.45) is 2.11. The molecule has 0 saturated carbocycles. The summed E-state index contributed by atoms with van der Waals surface area (Å²) in [4.78, 5) is 0. The number of nitrogens with one attached hydrogen (secondary N) is 1. The number of ether oxygens (including phenoxy) is 1. The summed E-state index contributed by atoms with van der Waals surface area (Å²) in [5.74, 6) is 0.964. The molecule has 0 aliphatic rings. The molecule has 0 aromatic heterocycles. The highest BCUT2D eigenvalue weighted by atomic mass is 32.2. The van der Waals surface area contributed by atoms with E-state index in [4.69, 9.17) is 4.74 Å². The van der Waals surface area contributed by atoms with Gasteiger partial charge in [-0.1, -0.05) is 19.1 Å². The third-order valence-electron chi connectivity index (χ3n) is 3.39. The van der Waals surface area contributed by atoms with E-state index < -0.39 is 9.84 Å². The Morgan fingerprint density at radius 3 is 2.45 bits per heavy atom. The van der Waals surface area contributed by atoms with Gasteiger partial charge in [0.25, 0.3) is 0 Å². The Bertz CT molecular complexity index is 482. The van der Waals surface area contributed by atoms with Gasteiger partial charge in [0.1, 0.15) is 12.4 Å². The molecular formula is C15H25NO3S. The summed E-state index contributed by atoms with van der Waals surface area (Å²) in [5.41, 5.74) is 1.26. The summed E-state index contributed by atoms with van der Waals surface area (Å²) >= 11 is 0. The Hall–Kier alpha value is -1.07. The molecule has 0 aliphatic heterocycles. The highest BCUT2D eigenvalue weighted by molar-refractivity contribution is 7.91. The van der Waals surface area contributed by atoms with Crippen molar-refractivity contribution in [1.29, 1.82) is 0 Å². The molecule has 0 radical (unpaired) electrons. The van der Waals surface area contributed by atoms with Gasteiger partial charge < -0.3 is 10.1 Å². The molecule has 114 valence electrons. The molecule has 0 spiro atoms. The van der Waals surface area contributed by atoms with Crippen molar-refractivity contribution in [2.24, 2.45) is 0 Å². The highest BCUT2D eigenvalue weighted by Gasteiger charge is 2.07. The third kappa shape index (κ3) is 6.39. The minimum atomic E-state index is -2.95. The molecule has 0 aliphatic carbocycles. The van der Waals surface area contributed by atoms with E-state index in [9.17, 15) is 8.42 Å². The molecule has 1 aromatic carbocycles. The van der Waals surface area contributed by atoms with Crippen molar-refractivity contribution in [3.8, 4) is 5.75 Å². The molecule has 1 rings (SSSR count). The zero-order valence-corrected chi connectivity index (χ0v) is 13.4. The number of sulfone groups is 1. The van der Waals surface area contributed by atoms with Gasteiger partial charge in [-0.3, -0.25) is 0 Å². The van der Waals surface area contributed by atoms with Crippen LogP contribution in [0, 0.1) is 0 Å². The van der Waals surface area contributed by atoms with Crippen molar-refractivity contribution in [2.45, 2.75) is 32.7 Å². The number of hydrogen-bond donors (Lipinski definition) is 1. The van der Waals surface area contributed by atoms with E-state index in [1.54, 1.807) is 6.92 Å². The third-order valence-corrected chi connectivity index (χ3v) is 5.05. The number of rotatable bonds is 9. The van der Waals surface area contributed by atoms with Gasteiger partial charge in [-0.05, 0) is 44.5 Å². The van der Waals surface area contributed by atoms with E-state index in [1.807, 2.05) is 31.3 Å². The number of hydrogen-bond acceptors (Lipinski definition) is 4. The molecule has 1 atom stereocenters. The predicted octanol–water partition coefficient (Wildman–Crippen LogP) is 2.04. The van der Waals surface area contributed by atoms with Crippen molar-refractivity contribution >= 4 is 9.84 Å². The second-order valence-electron chi connectivity index (χ2n) is 4.96. The van der Waals surface area contributed by atoms with Gasteiger partial charge in [-0.15, -0.1) is 0 Å². The number of benzene rings is 1. The van der Waals surface area contributed by atoms with Gasteiger partial charge >= 0.3 is 0 Å². The smallest absolute Gasteiger partial charge is 0.153 e. The zero-order valence-electron chi connectivity index (χ0n) is 12.6. The molecule has 0 amide bonds. The van der Waals surface area contributed by atoms with E-state index in [1.165, 1.54) is 5.56 Å². The van der Waals surface area contributed by atoms with E-state index >= 15 is 0 Å². The molecule has 20 heavy (non-hydrogen) atoms. The Balaban J connectivity index is 2.39. The molecule has 0 bridgehead atoms. The van der Waals surface area contributed by atoms with Crippen molar-refractivity contribution in [2.75, 3.05) is 25.2 Å². The maximum atomic E-state index is 11.3. The van der Waals surface area contributed by atoms with E-state index in [2.05, 4.69) is 12.2 Å². The van der Waals surface area contributed by atoms with Crippen molar-refractivity contribution < 1.29 is 13.2 Å². The second kappa shape index (κ2) is 8.27. The van der Waals surface area contributed by atoms with Crippen LogP contribution in [0.5, 0.6) is 5.75 Å². The molecule has 5 heteroatoms. The molecule has 0 fully saturated rings. The lowest BCUT2D eigenvalue weighted by molar-refractivity contribution is 0.341. The van der Waals surface area contributed by atoms with Crippen LogP contribution in [0.15, 0.2) is 24.3 Å². The minimum Gasteiger partial charge on any atom is -0.493 e. The first-order chi connectivity index (χ1) is 9.46. The Labute approximate surface area is 122 Å². The predicted molar refractivity (Wildman–Crippen MR) is 83.1 cm³/mol. The van der Waals surface area contributed by atoms with Crippen LogP contribution in [0.2, 0.25) is 0 Å². The lowest BCUT2D eigenvalue weighted by atomic mass is 10.1. The molecule has 0 saturated heterocycles. The number of aryl methyl sites for hydroxylation is 1. The van der Waals surface area contributed by atoms with Crippen LogP contribution in [0.25, 0.3) is 0 Å². The van der Waals surface area contributed by atoms with Gasteiger partial charge in [0.05, 0.1) is 5.75 Å². The highest BCUT2D eigenvalue weighted by Crippen LogP contribution is 2.14. The first-order valence-corrected chi connectivity index (χ1v) is 8.88. The van der Waals surface area contributed by atoms with E-state index in [-0.39, 0.29) is 18.1 Å². The van der Waals surface area contributed by atoms with Crippen LogP contribution < -0.4 is 10.1 Å². The van der Waals surface area contributed by atoms with Crippen molar-refractivity contribution in [3.63, 3.8) is 0 Å². The van der Waals surface area contributed by atoms with Crippen molar-refractivity contribution in [1.82, 2.24) is 5.32 Å². The van der Waals surface area contributed by atoms with Crippen LogP contribution in [-0.2, 0) is 16.3 Å². The molecule has 1 aromatic rings. The largest absolute Gasteiger partial charge is 0.493 e. The lowest BCUT2D eigenvalue weighted by Crippen LogP contribution is -2.21. The van der Waals surface area contributed by atoms with Gasteiger partial charge in [0, 0.05) is 11.8 Å². The molecule has 0 heterocycles. The fraction of sp³-hybridized carbons (Fsp3) is 0.600. The van der Waals surface area contributed by atoms with Crippen LogP contribution >= 0.6 is 0 Å². The SMILES string of the molecule is CCS(=O)(=O)CCOc1ccc(CCC(C)NC)cc1. The van der Waals surface area contributed by atoms with Crippen LogP contribution in [0.1, 0.15) is 25.8 Å². The first-order valence-electron chi connectivity index (χ1n) is 7.06. The lowest BCUT2D eigenvalue weighted by Gasteiger charge is -2.10. The standard InChI is InChI=1S/C15H25NO3S/c1-4-20(17,18)12-11-19-15-9-7-14(8-10-15)6-5-13(2)16-3/h7-10,13,16H,4-6,11-12H2,1-3H3. The summed E-state index contributed by atoms with van der Waals surface area (Å²) in [6.45, 7) is 4.02. The summed E-state index contributed by atoms with van der Waals surface area (Å²) in [5, 5.41) is 3.21. The molecular weight excluding hydrogens is 274 g/mol. The quantitative estimate of drug-likeness (QED) is 0.758. The van der Waals surface area contributed by atoms with Gasteiger partial charge in [0.15, 0.2) is 9.84 Å². The maximum absolute atomic E-state index is 11.3. The Kier molecular flexibility index (Phi) is 7.02. The summed E-state index contributed by atoms with van der Waals surface area (Å²) < 4.78 is 28.1. The Morgan fingerprint density at radius 2 is 1.90 bits per heavy atom. The average molecular weight is 299 g/mol. The topological polar surface area (TPSA) is 55.4 Å². The maximum Gasteiger partial charge on any atom is 0.153 e. The average Bonchev–Trinajstić information content (AvgIpc) is 2.46. The molecule has 4 nitrogen and oxygen atoms in total. The van der Waals surface area contributed by atoms with E-state index in [0.717, 1.165) is 18.6 Å². The summed E-state index contributed by atoms with van der Waals surface area (Å²) in [7, 11) is -0.987. The Morgan fingerprint density at radius 1 is 1.25 bits per heavy atom. The van der Waals surface area contributed by atoms with Crippen LogP contribution in [0.3, 0.4) is 0 Å². The van der Waals surface area contributed by atoms with Crippen molar-refractivity contribution in [3.05, 3.63) is 29.8 Å². The molecule has 1 N–H and O–H groups in total. The fourth-order valence-corrected chi connectivity index (χ4v) is 2.34. The van der Waals surface area contributed by atoms with Crippen LogP contribution in [0.4, 0.5) is 0 Å². The van der Waals surface area contributed by atoms with Gasteiger partial charge in [-0.25, -0.2) is 8.42 Å². The fourth-order valence-electron chi connectivity index (χ4n) is 1.71. The van der Waals surface area contributed by atoms with Gasteiger partial charge in [0.2, 0.25) is 0 Å². The molecule has 1 unspecified atom stereocenters. The minimum absolute atomic E-state index is 0.0743. The van der Waals surface area contributed by atoms with Gasteiger partial charge in [-0.2, -0.15) is 0 Å². The van der Waals surface area contributed by atoms with Crippen LogP contribution in [-0.4, -0.2) is 39.6 Å². The second-order valence-corrected chi connectivity index (χ2v) is 7.43. The summed E-state index contributed by atoms with van der Waals surface area (Å²) in [6, 6.07) is 8.37.